The van der Waals surface area contributed by atoms with E-state index in [1.807, 2.05) is 0 Å². The van der Waals surface area contributed by atoms with Crippen molar-refractivity contribution in [2.24, 2.45) is 0 Å². The number of ether oxygens (including phenoxy) is 2. The molecule has 86 valence electrons. The molecular formula is C12H20O3. The molecule has 0 aromatic carbocycles. The van der Waals surface area contributed by atoms with Crippen molar-refractivity contribution in [3.63, 3.8) is 0 Å². The highest BCUT2D eigenvalue weighted by Gasteiger charge is 2.49. The molecule has 0 bridgehead atoms. The molecule has 1 saturated carbocycles. The first-order valence-corrected chi connectivity index (χ1v) is 5.99. The van der Waals surface area contributed by atoms with Crippen LogP contribution in [-0.4, -0.2) is 23.8 Å². The molecule has 1 spiro atoms. The predicted molar refractivity (Wildman–Crippen MR) is 56.6 cm³/mol. The quantitative estimate of drug-likeness (QED) is 0.705. The van der Waals surface area contributed by atoms with E-state index < -0.39 is 5.79 Å². The number of Topliss-reactive ketones (excluding diaryl/α,β-unsaturated/α-hetero) is 1. The standard InChI is InChI=1S/C12H20O3/c1-3-11(4-2)9-14-12(15-11)7-5-10(13)6-8-12/h3-9H2,1-2H3. The third kappa shape index (κ3) is 1.95. The fourth-order valence-electron chi connectivity index (χ4n) is 2.47. The van der Waals surface area contributed by atoms with Gasteiger partial charge in [0.15, 0.2) is 5.79 Å². The van der Waals surface area contributed by atoms with Crippen LogP contribution < -0.4 is 0 Å². The lowest BCUT2D eigenvalue weighted by atomic mass is 9.92. The Labute approximate surface area is 91.1 Å². The average molecular weight is 212 g/mol. The molecule has 0 atom stereocenters. The van der Waals surface area contributed by atoms with Crippen molar-refractivity contribution in [3.05, 3.63) is 0 Å². The van der Waals surface area contributed by atoms with Gasteiger partial charge in [0.1, 0.15) is 5.78 Å². The summed E-state index contributed by atoms with van der Waals surface area (Å²) in [5.41, 5.74) is -0.0968. The summed E-state index contributed by atoms with van der Waals surface area (Å²) in [5.74, 6) is -0.0850. The zero-order valence-electron chi connectivity index (χ0n) is 9.67. The van der Waals surface area contributed by atoms with E-state index in [1.54, 1.807) is 0 Å². The molecule has 0 N–H and O–H groups in total. The smallest absolute Gasteiger partial charge is 0.170 e. The van der Waals surface area contributed by atoms with Gasteiger partial charge in [-0.1, -0.05) is 13.8 Å². The number of carbonyl (C=O) groups is 1. The molecule has 0 unspecified atom stereocenters. The van der Waals surface area contributed by atoms with Crippen LogP contribution in [0.2, 0.25) is 0 Å². The molecule has 1 saturated heterocycles. The van der Waals surface area contributed by atoms with Crippen LogP contribution >= 0.6 is 0 Å². The van der Waals surface area contributed by atoms with E-state index in [4.69, 9.17) is 9.47 Å². The second-order valence-corrected chi connectivity index (χ2v) is 4.73. The molecule has 2 rings (SSSR count). The minimum atomic E-state index is -0.431. The van der Waals surface area contributed by atoms with Crippen LogP contribution in [0.5, 0.6) is 0 Å². The summed E-state index contributed by atoms with van der Waals surface area (Å²) >= 11 is 0. The van der Waals surface area contributed by atoms with Gasteiger partial charge in [-0.25, -0.2) is 0 Å². The highest BCUT2D eigenvalue weighted by Crippen LogP contribution is 2.43. The summed E-state index contributed by atoms with van der Waals surface area (Å²) in [7, 11) is 0. The molecule has 0 aromatic heterocycles. The maximum absolute atomic E-state index is 11.2. The summed E-state index contributed by atoms with van der Waals surface area (Å²) in [6.07, 6.45) is 4.69. The van der Waals surface area contributed by atoms with Crippen LogP contribution in [0.4, 0.5) is 0 Å². The molecule has 3 nitrogen and oxygen atoms in total. The second-order valence-electron chi connectivity index (χ2n) is 4.73. The molecule has 0 aromatic rings. The van der Waals surface area contributed by atoms with E-state index in [1.165, 1.54) is 0 Å². The first-order valence-electron chi connectivity index (χ1n) is 5.99. The van der Waals surface area contributed by atoms with Crippen molar-refractivity contribution >= 4 is 5.78 Å². The van der Waals surface area contributed by atoms with Crippen LogP contribution in [0.15, 0.2) is 0 Å². The summed E-state index contributed by atoms with van der Waals surface area (Å²) in [6, 6.07) is 0. The van der Waals surface area contributed by atoms with E-state index in [2.05, 4.69) is 13.8 Å². The van der Waals surface area contributed by atoms with Gasteiger partial charge in [0.2, 0.25) is 0 Å². The summed E-state index contributed by atoms with van der Waals surface area (Å²) in [4.78, 5) is 11.2. The van der Waals surface area contributed by atoms with Crippen molar-refractivity contribution in [2.75, 3.05) is 6.61 Å². The Morgan fingerprint density at radius 2 is 1.80 bits per heavy atom. The minimum Gasteiger partial charge on any atom is -0.347 e. The van der Waals surface area contributed by atoms with Gasteiger partial charge in [-0.05, 0) is 12.8 Å². The SMILES string of the molecule is CCC1(CC)COC2(CCC(=O)CC2)O1. The molecule has 15 heavy (non-hydrogen) atoms. The Hall–Kier alpha value is -0.410. The van der Waals surface area contributed by atoms with Gasteiger partial charge < -0.3 is 9.47 Å². The molecule has 1 heterocycles. The third-order valence-electron chi connectivity index (χ3n) is 3.86. The maximum Gasteiger partial charge on any atom is 0.170 e. The van der Waals surface area contributed by atoms with Gasteiger partial charge in [-0.15, -0.1) is 0 Å². The molecule has 0 radical (unpaired) electrons. The lowest BCUT2D eigenvalue weighted by molar-refractivity contribution is -0.205. The van der Waals surface area contributed by atoms with Gasteiger partial charge >= 0.3 is 0 Å². The number of ketones is 1. The van der Waals surface area contributed by atoms with Gasteiger partial charge in [-0.2, -0.15) is 0 Å². The highest BCUT2D eigenvalue weighted by molar-refractivity contribution is 5.79. The summed E-state index contributed by atoms with van der Waals surface area (Å²) in [6.45, 7) is 4.97. The van der Waals surface area contributed by atoms with Gasteiger partial charge in [0, 0.05) is 25.7 Å². The van der Waals surface area contributed by atoms with Gasteiger partial charge in [-0.3, -0.25) is 4.79 Å². The number of hydrogen-bond donors (Lipinski definition) is 0. The van der Waals surface area contributed by atoms with Crippen LogP contribution in [0.3, 0.4) is 0 Å². The predicted octanol–water partition coefficient (Wildman–Crippen LogP) is 2.43. The molecule has 1 aliphatic heterocycles. The first kappa shape index (κ1) is 11.1. The Balaban J connectivity index is 2.04. The van der Waals surface area contributed by atoms with Crippen molar-refractivity contribution in [2.45, 2.75) is 63.8 Å². The van der Waals surface area contributed by atoms with E-state index in [0.717, 1.165) is 25.7 Å². The lowest BCUT2D eigenvalue weighted by Gasteiger charge is -2.34. The van der Waals surface area contributed by atoms with Crippen LogP contribution in [0.25, 0.3) is 0 Å². The van der Waals surface area contributed by atoms with Crippen LogP contribution in [-0.2, 0) is 14.3 Å². The fraction of sp³-hybridized carbons (Fsp3) is 0.917. The average Bonchev–Trinajstić information content (AvgIpc) is 2.64. The second kappa shape index (κ2) is 3.87. The zero-order valence-corrected chi connectivity index (χ0v) is 9.67. The highest BCUT2D eigenvalue weighted by atomic mass is 16.8. The summed E-state index contributed by atoms with van der Waals surface area (Å²) < 4.78 is 12.0. The van der Waals surface area contributed by atoms with Crippen molar-refractivity contribution < 1.29 is 14.3 Å². The topological polar surface area (TPSA) is 35.5 Å². The molecule has 2 fully saturated rings. The van der Waals surface area contributed by atoms with E-state index in [-0.39, 0.29) is 5.60 Å². The lowest BCUT2D eigenvalue weighted by Crippen LogP contribution is -2.39. The van der Waals surface area contributed by atoms with E-state index in [9.17, 15) is 4.79 Å². The number of hydrogen-bond acceptors (Lipinski definition) is 3. The molecule has 1 aliphatic carbocycles. The van der Waals surface area contributed by atoms with E-state index in [0.29, 0.717) is 25.2 Å². The van der Waals surface area contributed by atoms with Crippen molar-refractivity contribution in [3.8, 4) is 0 Å². The third-order valence-corrected chi connectivity index (χ3v) is 3.86. The fourth-order valence-corrected chi connectivity index (χ4v) is 2.47. The maximum atomic E-state index is 11.2. The molecular weight excluding hydrogens is 192 g/mol. The van der Waals surface area contributed by atoms with Crippen LogP contribution in [0.1, 0.15) is 52.4 Å². The Kier molecular flexibility index (Phi) is 2.86. The van der Waals surface area contributed by atoms with Crippen molar-refractivity contribution in [1.29, 1.82) is 0 Å². The van der Waals surface area contributed by atoms with E-state index >= 15 is 0 Å². The molecule has 2 aliphatic rings. The Bertz CT molecular complexity index is 246. The monoisotopic (exact) mass is 212 g/mol. The number of rotatable bonds is 2. The van der Waals surface area contributed by atoms with Gasteiger partial charge in [0.25, 0.3) is 0 Å². The van der Waals surface area contributed by atoms with Crippen molar-refractivity contribution in [1.82, 2.24) is 0 Å². The zero-order chi connectivity index (χ0) is 10.9. The first-order chi connectivity index (χ1) is 7.14. The Morgan fingerprint density at radius 3 is 2.27 bits per heavy atom. The largest absolute Gasteiger partial charge is 0.347 e. The minimum absolute atomic E-state index is 0.0968. The van der Waals surface area contributed by atoms with Crippen LogP contribution in [0, 0.1) is 0 Å². The normalized spacial score (nSPS) is 28.5. The molecule has 3 heteroatoms. The number of carbonyl (C=O) groups excluding carboxylic acids is 1. The summed E-state index contributed by atoms with van der Waals surface area (Å²) in [5, 5.41) is 0. The molecule has 0 amide bonds. The van der Waals surface area contributed by atoms with Gasteiger partial charge in [0.05, 0.1) is 12.2 Å². The Morgan fingerprint density at radius 1 is 1.20 bits per heavy atom.